The average Bonchev–Trinajstić information content (AvgIpc) is 3.67. The van der Waals surface area contributed by atoms with Crippen molar-refractivity contribution in [1.82, 2.24) is 14.5 Å². The molecule has 0 aliphatic heterocycles. The highest BCUT2D eigenvalue weighted by Crippen LogP contribution is 2.19. The molecule has 0 bridgehead atoms. The Bertz CT molecular complexity index is 1520. The molecule has 8 nitrogen and oxygen atoms in total. The Balaban J connectivity index is 1.48. The zero-order valence-corrected chi connectivity index (χ0v) is 18.9. The first-order valence-electron chi connectivity index (χ1n) is 11.5. The number of carbonyl (C=O) groups is 2. The molecule has 0 unspecified atom stereocenters. The zero-order chi connectivity index (χ0) is 24.4. The lowest BCUT2D eigenvalue weighted by atomic mass is 10.1. The Morgan fingerprint density at radius 3 is 2.23 bits per heavy atom. The fourth-order valence-corrected chi connectivity index (χ4v) is 4.02. The van der Waals surface area contributed by atoms with Crippen molar-refractivity contribution in [3.8, 4) is 5.69 Å². The van der Waals surface area contributed by atoms with Gasteiger partial charge in [-0.15, -0.1) is 0 Å². The number of para-hydroxylation sites is 2. The maximum Gasteiger partial charge on any atom is 0.336 e. The molecule has 0 spiro atoms. The smallest absolute Gasteiger partial charge is 0.336 e. The van der Waals surface area contributed by atoms with E-state index in [2.05, 4.69) is 10.6 Å². The molecule has 0 atom stereocenters. The van der Waals surface area contributed by atoms with Gasteiger partial charge in [0, 0.05) is 11.7 Å². The summed E-state index contributed by atoms with van der Waals surface area (Å²) in [6.07, 6.45) is 2.27. The molecule has 5 rings (SSSR count). The standard InChI is InChI=1S/C27H24N4O4/c32-24(28-20-12-13-20)16-18-10-14-21(15-11-18)31-26(34)22-8-4-5-9-23(22)30(27(31)35)17-25(33)29-19-6-2-1-3-7-19/h1-11,14-15,20H,12-13,16-17H2,(H,28,32)(H,29,33). The molecule has 0 radical (unpaired) electrons. The number of nitrogens with one attached hydrogen (secondary N) is 2. The van der Waals surface area contributed by atoms with Crippen molar-refractivity contribution in [2.75, 3.05) is 5.32 Å². The summed E-state index contributed by atoms with van der Waals surface area (Å²) in [5.41, 5.74) is 1.07. The monoisotopic (exact) mass is 468 g/mol. The number of aromatic nitrogens is 2. The first-order chi connectivity index (χ1) is 17.0. The number of hydrogen-bond acceptors (Lipinski definition) is 4. The van der Waals surface area contributed by atoms with Crippen molar-refractivity contribution in [2.24, 2.45) is 0 Å². The summed E-state index contributed by atoms with van der Waals surface area (Å²) in [6.45, 7) is -0.256. The molecular formula is C27H24N4O4. The molecule has 0 saturated heterocycles. The van der Waals surface area contributed by atoms with Crippen LogP contribution in [0.15, 0.2) is 88.5 Å². The van der Waals surface area contributed by atoms with E-state index in [-0.39, 0.29) is 30.8 Å². The third-order valence-electron chi connectivity index (χ3n) is 5.91. The van der Waals surface area contributed by atoms with Gasteiger partial charge in [-0.1, -0.05) is 42.5 Å². The number of benzene rings is 3. The van der Waals surface area contributed by atoms with Crippen LogP contribution in [0.2, 0.25) is 0 Å². The molecule has 1 aliphatic rings. The summed E-state index contributed by atoms with van der Waals surface area (Å²) in [6, 6.07) is 22.7. The highest BCUT2D eigenvalue weighted by molar-refractivity contribution is 5.91. The quantitative estimate of drug-likeness (QED) is 0.435. The highest BCUT2D eigenvalue weighted by atomic mass is 16.2. The van der Waals surface area contributed by atoms with Crippen molar-refractivity contribution in [3.63, 3.8) is 0 Å². The minimum absolute atomic E-state index is 0.0464. The van der Waals surface area contributed by atoms with Gasteiger partial charge < -0.3 is 10.6 Å². The van der Waals surface area contributed by atoms with Crippen LogP contribution in [0.4, 0.5) is 5.69 Å². The van der Waals surface area contributed by atoms with Crippen LogP contribution >= 0.6 is 0 Å². The van der Waals surface area contributed by atoms with E-state index in [0.29, 0.717) is 22.3 Å². The average molecular weight is 469 g/mol. The summed E-state index contributed by atoms with van der Waals surface area (Å²) >= 11 is 0. The van der Waals surface area contributed by atoms with Crippen LogP contribution in [0.25, 0.3) is 16.6 Å². The molecule has 2 amide bonds. The summed E-state index contributed by atoms with van der Waals surface area (Å²) in [4.78, 5) is 51.6. The number of rotatable bonds is 7. The Kier molecular flexibility index (Phi) is 6.01. The molecule has 1 heterocycles. The molecule has 4 aromatic rings. The molecule has 2 N–H and O–H groups in total. The van der Waals surface area contributed by atoms with Gasteiger partial charge in [0.25, 0.3) is 5.56 Å². The number of amides is 2. The van der Waals surface area contributed by atoms with Crippen LogP contribution in [0, 0.1) is 0 Å². The van der Waals surface area contributed by atoms with Gasteiger partial charge in [-0.3, -0.25) is 19.0 Å². The maximum absolute atomic E-state index is 13.5. The highest BCUT2D eigenvalue weighted by Gasteiger charge is 2.23. The maximum atomic E-state index is 13.5. The molecule has 1 saturated carbocycles. The second kappa shape index (κ2) is 9.42. The van der Waals surface area contributed by atoms with E-state index >= 15 is 0 Å². The predicted octanol–water partition coefficient (Wildman–Crippen LogP) is 2.61. The Morgan fingerprint density at radius 2 is 1.51 bits per heavy atom. The van der Waals surface area contributed by atoms with E-state index < -0.39 is 11.2 Å². The minimum Gasteiger partial charge on any atom is -0.353 e. The van der Waals surface area contributed by atoms with Crippen LogP contribution in [0.5, 0.6) is 0 Å². The van der Waals surface area contributed by atoms with Crippen molar-refractivity contribution in [3.05, 3.63) is 105 Å². The normalized spacial score (nSPS) is 12.9. The molecular weight excluding hydrogens is 444 g/mol. The Labute approximate surface area is 200 Å². The lowest BCUT2D eigenvalue weighted by Crippen LogP contribution is -2.40. The van der Waals surface area contributed by atoms with E-state index in [1.807, 2.05) is 6.07 Å². The minimum atomic E-state index is -0.615. The van der Waals surface area contributed by atoms with Gasteiger partial charge in [-0.05, 0) is 54.8 Å². The van der Waals surface area contributed by atoms with E-state index in [0.717, 1.165) is 23.0 Å². The van der Waals surface area contributed by atoms with E-state index in [9.17, 15) is 19.2 Å². The van der Waals surface area contributed by atoms with Gasteiger partial charge in [0.15, 0.2) is 0 Å². The van der Waals surface area contributed by atoms with Crippen LogP contribution in [0.1, 0.15) is 18.4 Å². The van der Waals surface area contributed by atoms with Crippen molar-refractivity contribution in [1.29, 1.82) is 0 Å². The van der Waals surface area contributed by atoms with Gasteiger partial charge >= 0.3 is 5.69 Å². The number of carbonyl (C=O) groups excluding carboxylic acids is 2. The molecule has 176 valence electrons. The molecule has 8 heteroatoms. The number of anilines is 1. The summed E-state index contributed by atoms with van der Waals surface area (Å²) in [7, 11) is 0. The molecule has 3 aromatic carbocycles. The van der Waals surface area contributed by atoms with E-state index in [1.54, 1.807) is 72.8 Å². The molecule has 1 aromatic heterocycles. The zero-order valence-electron chi connectivity index (χ0n) is 18.9. The number of hydrogen-bond donors (Lipinski definition) is 2. The Morgan fingerprint density at radius 1 is 0.829 bits per heavy atom. The van der Waals surface area contributed by atoms with Crippen molar-refractivity contribution < 1.29 is 9.59 Å². The van der Waals surface area contributed by atoms with E-state index in [1.165, 1.54) is 4.57 Å². The van der Waals surface area contributed by atoms with E-state index in [4.69, 9.17) is 0 Å². The van der Waals surface area contributed by atoms with Gasteiger partial charge in [0.05, 0.1) is 23.0 Å². The first kappa shape index (κ1) is 22.3. The summed E-state index contributed by atoms with van der Waals surface area (Å²) in [5.74, 6) is -0.430. The van der Waals surface area contributed by atoms with Crippen LogP contribution < -0.4 is 21.9 Å². The number of nitrogens with zero attached hydrogens (tertiary/aromatic N) is 2. The van der Waals surface area contributed by atoms with Gasteiger partial charge in [-0.2, -0.15) is 0 Å². The second-order valence-electron chi connectivity index (χ2n) is 8.63. The molecule has 35 heavy (non-hydrogen) atoms. The molecule has 1 fully saturated rings. The largest absolute Gasteiger partial charge is 0.353 e. The summed E-state index contributed by atoms with van der Waals surface area (Å²) < 4.78 is 2.36. The lowest BCUT2D eigenvalue weighted by Gasteiger charge is -2.14. The van der Waals surface area contributed by atoms with Crippen molar-refractivity contribution >= 4 is 28.4 Å². The Hall–Kier alpha value is -4.46. The summed E-state index contributed by atoms with van der Waals surface area (Å²) in [5, 5.41) is 6.05. The third-order valence-corrected chi connectivity index (χ3v) is 5.91. The molecule has 1 aliphatic carbocycles. The predicted molar refractivity (Wildman–Crippen MR) is 134 cm³/mol. The van der Waals surface area contributed by atoms with Crippen LogP contribution in [-0.2, 0) is 22.6 Å². The van der Waals surface area contributed by atoms with Crippen molar-refractivity contribution in [2.45, 2.75) is 31.8 Å². The first-order valence-corrected chi connectivity index (χ1v) is 11.5. The van der Waals surface area contributed by atoms with Gasteiger partial charge in [0.1, 0.15) is 6.54 Å². The van der Waals surface area contributed by atoms with Crippen LogP contribution in [0.3, 0.4) is 0 Å². The topological polar surface area (TPSA) is 102 Å². The lowest BCUT2D eigenvalue weighted by molar-refractivity contribution is -0.120. The van der Waals surface area contributed by atoms with Gasteiger partial charge in [0.2, 0.25) is 11.8 Å². The van der Waals surface area contributed by atoms with Crippen LogP contribution in [-0.4, -0.2) is 27.0 Å². The fraction of sp³-hybridized carbons (Fsp3) is 0.185. The van der Waals surface area contributed by atoms with Gasteiger partial charge in [-0.25, -0.2) is 9.36 Å². The third kappa shape index (κ3) is 4.91. The second-order valence-corrected chi connectivity index (χ2v) is 8.63. The fourth-order valence-electron chi connectivity index (χ4n) is 4.02. The SMILES string of the molecule is O=C(Cn1c(=O)n(-c2ccc(CC(=O)NC3CC3)cc2)c(=O)c2ccccc21)Nc1ccccc1. The number of fused-ring (bicyclic) bond motifs is 1.